The zero-order chi connectivity index (χ0) is 17.9. The van der Waals surface area contributed by atoms with Gasteiger partial charge in [-0.15, -0.1) is 0 Å². The molecule has 1 aliphatic rings. The summed E-state index contributed by atoms with van der Waals surface area (Å²) in [5, 5.41) is 9.69. The molecule has 2 aromatic carbocycles. The second-order valence-corrected chi connectivity index (χ2v) is 7.23. The summed E-state index contributed by atoms with van der Waals surface area (Å²) in [6.45, 7) is 0. The minimum absolute atomic E-state index is 0.0502. The van der Waals surface area contributed by atoms with E-state index in [1.807, 2.05) is 48.5 Å². The number of halogens is 1. The molecule has 0 aromatic heterocycles. The van der Waals surface area contributed by atoms with Gasteiger partial charge in [0.15, 0.2) is 5.78 Å². The van der Waals surface area contributed by atoms with Crippen molar-refractivity contribution in [3.8, 4) is 11.1 Å². The number of hydrogen-bond acceptors (Lipinski definition) is 2. The average Bonchev–Trinajstić information content (AvgIpc) is 3.10. The number of benzene rings is 2. The van der Waals surface area contributed by atoms with E-state index < -0.39 is 11.4 Å². The van der Waals surface area contributed by atoms with Crippen LogP contribution in [0.2, 0.25) is 5.02 Å². The Kier molecular flexibility index (Phi) is 5.24. The summed E-state index contributed by atoms with van der Waals surface area (Å²) in [5.74, 6) is -0.744. The predicted octanol–water partition coefficient (Wildman–Crippen LogP) is 5.61. The quantitative estimate of drug-likeness (QED) is 0.684. The van der Waals surface area contributed by atoms with E-state index >= 15 is 0 Å². The highest BCUT2D eigenvalue weighted by atomic mass is 35.5. The monoisotopic (exact) mass is 356 g/mol. The van der Waals surface area contributed by atoms with Crippen LogP contribution < -0.4 is 0 Å². The molecule has 1 fully saturated rings. The number of aliphatic carboxylic acids is 1. The van der Waals surface area contributed by atoms with Gasteiger partial charge in [-0.1, -0.05) is 60.8 Å². The molecule has 0 amide bonds. The highest BCUT2D eigenvalue weighted by Crippen LogP contribution is 2.44. The molecule has 0 saturated heterocycles. The van der Waals surface area contributed by atoms with Crippen molar-refractivity contribution in [1.82, 2.24) is 0 Å². The molecule has 3 nitrogen and oxygen atoms in total. The molecule has 0 radical (unpaired) electrons. The highest BCUT2D eigenvalue weighted by molar-refractivity contribution is 6.30. The number of carbonyl (C=O) groups excluding carboxylic acids is 1. The third-order valence-corrected chi connectivity index (χ3v) is 5.44. The van der Waals surface area contributed by atoms with E-state index in [0.29, 0.717) is 17.0 Å². The molecule has 1 aliphatic carbocycles. The Morgan fingerprint density at radius 1 is 0.920 bits per heavy atom. The molecule has 130 valence electrons. The van der Waals surface area contributed by atoms with Gasteiger partial charge in [-0.3, -0.25) is 9.59 Å². The van der Waals surface area contributed by atoms with Crippen LogP contribution in [0.4, 0.5) is 0 Å². The van der Waals surface area contributed by atoms with Crippen LogP contribution in [0.15, 0.2) is 48.5 Å². The van der Waals surface area contributed by atoms with E-state index in [2.05, 4.69) is 0 Å². The van der Waals surface area contributed by atoms with Crippen LogP contribution in [0.1, 0.15) is 48.9 Å². The van der Waals surface area contributed by atoms with E-state index in [9.17, 15) is 9.59 Å². The second-order valence-electron chi connectivity index (χ2n) is 6.79. The van der Waals surface area contributed by atoms with Crippen LogP contribution in [0.3, 0.4) is 0 Å². The Balaban J connectivity index is 1.81. The van der Waals surface area contributed by atoms with Crippen LogP contribution in [0, 0.1) is 5.41 Å². The normalized spacial score (nSPS) is 15.9. The number of hydrogen-bond donors (Lipinski definition) is 1. The number of rotatable bonds is 6. The predicted molar refractivity (Wildman–Crippen MR) is 99.0 cm³/mol. The fourth-order valence-electron chi connectivity index (χ4n) is 3.75. The summed E-state index contributed by atoms with van der Waals surface area (Å²) in [4.78, 5) is 24.0. The van der Waals surface area contributed by atoms with Crippen molar-refractivity contribution >= 4 is 23.4 Å². The topological polar surface area (TPSA) is 54.4 Å². The Morgan fingerprint density at radius 3 is 1.96 bits per heavy atom. The third kappa shape index (κ3) is 3.93. The van der Waals surface area contributed by atoms with Gasteiger partial charge in [0.25, 0.3) is 0 Å². The molecule has 0 unspecified atom stereocenters. The van der Waals surface area contributed by atoms with Crippen LogP contribution >= 0.6 is 11.6 Å². The maximum absolute atomic E-state index is 13.1. The number of Topliss-reactive ketones (excluding diaryl/α,β-unsaturated/α-hetero) is 1. The van der Waals surface area contributed by atoms with Gasteiger partial charge >= 0.3 is 5.97 Å². The summed E-state index contributed by atoms with van der Waals surface area (Å²) in [6, 6.07) is 15.2. The van der Waals surface area contributed by atoms with E-state index in [-0.39, 0.29) is 12.2 Å². The number of carbonyl (C=O) groups is 2. The molecule has 25 heavy (non-hydrogen) atoms. The molecular formula is C21H21ClO3. The fraction of sp³-hybridized carbons (Fsp3) is 0.333. The largest absolute Gasteiger partial charge is 0.481 e. The van der Waals surface area contributed by atoms with Crippen LogP contribution in [0.5, 0.6) is 0 Å². The lowest BCUT2D eigenvalue weighted by Crippen LogP contribution is -2.29. The molecule has 0 spiro atoms. The van der Waals surface area contributed by atoms with Crippen LogP contribution in [-0.2, 0) is 4.79 Å². The van der Waals surface area contributed by atoms with Gasteiger partial charge in [0, 0.05) is 22.4 Å². The molecule has 0 bridgehead atoms. The molecule has 0 heterocycles. The van der Waals surface area contributed by atoms with Crippen molar-refractivity contribution in [2.45, 2.75) is 38.5 Å². The van der Waals surface area contributed by atoms with Gasteiger partial charge in [0.1, 0.15) is 0 Å². The highest BCUT2D eigenvalue weighted by Gasteiger charge is 2.41. The number of carboxylic acid groups (broad SMARTS) is 1. The fourth-order valence-corrected chi connectivity index (χ4v) is 3.88. The minimum Gasteiger partial charge on any atom is -0.481 e. The van der Waals surface area contributed by atoms with E-state index in [1.165, 1.54) is 0 Å². The van der Waals surface area contributed by atoms with Gasteiger partial charge in [0.05, 0.1) is 0 Å². The first-order valence-corrected chi connectivity index (χ1v) is 9.01. The summed E-state index contributed by atoms with van der Waals surface area (Å²) in [5.41, 5.74) is 2.24. The van der Waals surface area contributed by atoms with Crippen molar-refractivity contribution in [1.29, 1.82) is 0 Å². The SMILES string of the molecule is O=C(O)CCC1(C(=O)c2ccc(-c3ccc(Cl)cc3)cc2)CCCC1. The molecular weight excluding hydrogens is 336 g/mol. The molecule has 3 rings (SSSR count). The zero-order valence-corrected chi connectivity index (χ0v) is 14.8. The van der Waals surface area contributed by atoms with Crippen molar-refractivity contribution in [3.63, 3.8) is 0 Å². The van der Waals surface area contributed by atoms with E-state index in [1.54, 1.807) is 0 Å². The standard InChI is InChI=1S/C21H21ClO3/c22-18-9-7-16(8-10-18)15-3-5-17(6-4-15)20(25)21(12-1-2-13-21)14-11-19(23)24/h3-10H,1-2,11-14H2,(H,23,24). The van der Waals surface area contributed by atoms with Gasteiger partial charge in [-0.05, 0) is 42.5 Å². The summed E-state index contributed by atoms with van der Waals surface area (Å²) < 4.78 is 0. The Labute approximate surface area is 152 Å². The summed E-state index contributed by atoms with van der Waals surface area (Å²) in [6.07, 6.45) is 4.05. The molecule has 2 aromatic rings. The second kappa shape index (κ2) is 7.40. The van der Waals surface area contributed by atoms with Crippen molar-refractivity contribution in [3.05, 3.63) is 59.1 Å². The van der Waals surface area contributed by atoms with Gasteiger partial charge in [-0.25, -0.2) is 0 Å². The van der Waals surface area contributed by atoms with Crippen LogP contribution in [-0.4, -0.2) is 16.9 Å². The molecule has 4 heteroatoms. The first-order chi connectivity index (χ1) is 12.0. The number of ketones is 1. The van der Waals surface area contributed by atoms with E-state index in [0.717, 1.165) is 36.8 Å². The minimum atomic E-state index is -0.836. The molecule has 0 atom stereocenters. The maximum Gasteiger partial charge on any atom is 0.303 e. The Hall–Kier alpha value is -2.13. The average molecular weight is 357 g/mol. The van der Waals surface area contributed by atoms with Gasteiger partial charge in [-0.2, -0.15) is 0 Å². The first-order valence-electron chi connectivity index (χ1n) is 8.63. The molecule has 1 N–H and O–H groups in total. The smallest absolute Gasteiger partial charge is 0.303 e. The van der Waals surface area contributed by atoms with Crippen molar-refractivity contribution in [2.24, 2.45) is 5.41 Å². The first kappa shape index (κ1) is 17.7. The van der Waals surface area contributed by atoms with E-state index in [4.69, 9.17) is 16.7 Å². The lowest BCUT2D eigenvalue weighted by molar-refractivity contribution is -0.137. The maximum atomic E-state index is 13.1. The lowest BCUT2D eigenvalue weighted by Gasteiger charge is -2.27. The zero-order valence-electron chi connectivity index (χ0n) is 14.0. The van der Waals surface area contributed by atoms with Crippen molar-refractivity contribution in [2.75, 3.05) is 0 Å². The summed E-state index contributed by atoms with van der Waals surface area (Å²) >= 11 is 5.92. The Bertz CT molecular complexity index is 757. The van der Waals surface area contributed by atoms with Gasteiger partial charge in [0.2, 0.25) is 0 Å². The Morgan fingerprint density at radius 2 is 1.44 bits per heavy atom. The van der Waals surface area contributed by atoms with Crippen molar-refractivity contribution < 1.29 is 14.7 Å². The van der Waals surface area contributed by atoms with Crippen LogP contribution in [0.25, 0.3) is 11.1 Å². The molecule has 1 saturated carbocycles. The number of carboxylic acids is 1. The third-order valence-electron chi connectivity index (χ3n) is 5.18. The molecule has 0 aliphatic heterocycles. The summed E-state index contributed by atoms with van der Waals surface area (Å²) in [7, 11) is 0. The van der Waals surface area contributed by atoms with Gasteiger partial charge < -0.3 is 5.11 Å². The lowest BCUT2D eigenvalue weighted by atomic mass is 9.75.